The highest BCUT2D eigenvalue weighted by molar-refractivity contribution is 4.73. The molecule has 0 N–H and O–H groups in total. The molecule has 1 aliphatic heterocycles. The van der Waals surface area contributed by atoms with E-state index in [1.54, 1.807) is 7.11 Å². The summed E-state index contributed by atoms with van der Waals surface area (Å²) < 4.78 is 10.7. The first kappa shape index (κ1) is 10.0. The summed E-state index contributed by atoms with van der Waals surface area (Å²) in [5.74, 6) is 1.62. The Morgan fingerprint density at radius 1 is 1.50 bits per heavy atom. The Labute approximate surface area is 75.2 Å². The van der Waals surface area contributed by atoms with Crippen LogP contribution in [0.2, 0.25) is 0 Å². The fourth-order valence-electron chi connectivity index (χ4n) is 1.82. The van der Waals surface area contributed by atoms with Gasteiger partial charge in [0.25, 0.3) is 0 Å². The van der Waals surface area contributed by atoms with E-state index < -0.39 is 0 Å². The van der Waals surface area contributed by atoms with Crippen LogP contribution in [0.4, 0.5) is 0 Å². The van der Waals surface area contributed by atoms with Gasteiger partial charge in [0.05, 0.1) is 12.7 Å². The molecule has 12 heavy (non-hydrogen) atoms. The van der Waals surface area contributed by atoms with Crippen molar-refractivity contribution in [3.8, 4) is 0 Å². The largest absolute Gasteiger partial charge is 0.382 e. The fraction of sp³-hybridized carbons (Fsp3) is 1.00. The topological polar surface area (TPSA) is 18.5 Å². The summed E-state index contributed by atoms with van der Waals surface area (Å²) in [6, 6.07) is 0. The summed E-state index contributed by atoms with van der Waals surface area (Å²) in [7, 11) is 1.74. The van der Waals surface area contributed by atoms with Gasteiger partial charge in [0.2, 0.25) is 0 Å². The molecular weight excluding hydrogens is 152 g/mol. The van der Waals surface area contributed by atoms with E-state index in [0.717, 1.165) is 25.0 Å². The summed E-state index contributed by atoms with van der Waals surface area (Å²) in [6.07, 6.45) is 2.74. The molecule has 72 valence electrons. The second-order valence-electron chi connectivity index (χ2n) is 3.98. The van der Waals surface area contributed by atoms with Crippen LogP contribution in [0, 0.1) is 11.8 Å². The Bertz CT molecular complexity index is 121. The molecule has 1 aliphatic rings. The third-order valence-electron chi connectivity index (χ3n) is 2.70. The minimum Gasteiger partial charge on any atom is -0.382 e. The monoisotopic (exact) mass is 172 g/mol. The van der Waals surface area contributed by atoms with Gasteiger partial charge in [0, 0.05) is 13.7 Å². The summed E-state index contributed by atoms with van der Waals surface area (Å²) in [6.45, 7) is 6.25. The van der Waals surface area contributed by atoms with Crippen LogP contribution in [0.3, 0.4) is 0 Å². The molecule has 0 aliphatic carbocycles. The highest BCUT2D eigenvalue weighted by Gasteiger charge is 2.24. The van der Waals surface area contributed by atoms with Crippen LogP contribution in [-0.2, 0) is 9.47 Å². The van der Waals surface area contributed by atoms with Gasteiger partial charge in [-0.3, -0.25) is 0 Å². The maximum absolute atomic E-state index is 5.57. The van der Waals surface area contributed by atoms with Gasteiger partial charge < -0.3 is 9.47 Å². The Hall–Kier alpha value is -0.0800. The normalized spacial score (nSPS) is 31.0. The molecule has 2 heteroatoms. The third-order valence-corrected chi connectivity index (χ3v) is 2.70. The van der Waals surface area contributed by atoms with Crippen LogP contribution < -0.4 is 0 Å². The molecule has 0 spiro atoms. The van der Waals surface area contributed by atoms with Crippen molar-refractivity contribution in [3.05, 3.63) is 0 Å². The van der Waals surface area contributed by atoms with Crippen LogP contribution in [0.5, 0.6) is 0 Å². The lowest BCUT2D eigenvalue weighted by atomic mass is 9.86. The van der Waals surface area contributed by atoms with Crippen molar-refractivity contribution in [1.29, 1.82) is 0 Å². The smallest absolute Gasteiger partial charge is 0.0811 e. The van der Waals surface area contributed by atoms with Crippen LogP contribution in [0.15, 0.2) is 0 Å². The Balaban J connectivity index is 2.30. The molecule has 2 nitrogen and oxygen atoms in total. The molecule has 0 bridgehead atoms. The lowest BCUT2D eigenvalue weighted by molar-refractivity contribution is -0.0545. The maximum Gasteiger partial charge on any atom is 0.0811 e. The molecule has 2 atom stereocenters. The van der Waals surface area contributed by atoms with Crippen molar-refractivity contribution in [2.75, 3.05) is 20.3 Å². The molecule has 1 heterocycles. The van der Waals surface area contributed by atoms with E-state index >= 15 is 0 Å². The van der Waals surface area contributed by atoms with Gasteiger partial charge in [0.15, 0.2) is 0 Å². The molecule has 0 radical (unpaired) electrons. The van der Waals surface area contributed by atoms with E-state index in [4.69, 9.17) is 9.47 Å². The van der Waals surface area contributed by atoms with Gasteiger partial charge in [-0.15, -0.1) is 0 Å². The Kier molecular flexibility index (Phi) is 4.02. The molecule has 1 fully saturated rings. The number of rotatable bonds is 3. The zero-order chi connectivity index (χ0) is 8.97. The van der Waals surface area contributed by atoms with Crippen LogP contribution in [-0.4, -0.2) is 26.4 Å². The van der Waals surface area contributed by atoms with Gasteiger partial charge >= 0.3 is 0 Å². The molecule has 1 rings (SSSR count). The first-order valence-electron chi connectivity index (χ1n) is 4.84. The maximum atomic E-state index is 5.57. The lowest BCUT2D eigenvalue weighted by Gasteiger charge is -2.31. The zero-order valence-electron chi connectivity index (χ0n) is 8.38. The molecule has 0 aromatic heterocycles. The van der Waals surface area contributed by atoms with Crippen molar-refractivity contribution in [2.24, 2.45) is 11.8 Å². The standard InChI is InChI=1S/C10H20O2/c1-8(2)9-4-5-12-10(6-9)7-11-3/h8-10H,4-7H2,1-3H3/t9-,10-/m1/s1. The van der Waals surface area contributed by atoms with Crippen molar-refractivity contribution >= 4 is 0 Å². The first-order valence-corrected chi connectivity index (χ1v) is 4.84. The van der Waals surface area contributed by atoms with Gasteiger partial charge in [-0.2, -0.15) is 0 Å². The number of ether oxygens (including phenoxy) is 2. The van der Waals surface area contributed by atoms with E-state index in [1.165, 1.54) is 12.8 Å². The van der Waals surface area contributed by atoms with Crippen molar-refractivity contribution < 1.29 is 9.47 Å². The second kappa shape index (κ2) is 4.83. The van der Waals surface area contributed by atoms with Gasteiger partial charge in [-0.25, -0.2) is 0 Å². The first-order chi connectivity index (χ1) is 5.74. The van der Waals surface area contributed by atoms with Crippen LogP contribution in [0.1, 0.15) is 26.7 Å². The van der Waals surface area contributed by atoms with Crippen molar-refractivity contribution in [3.63, 3.8) is 0 Å². The van der Waals surface area contributed by atoms with E-state index in [0.29, 0.717) is 6.10 Å². The highest BCUT2D eigenvalue weighted by atomic mass is 16.5. The van der Waals surface area contributed by atoms with Gasteiger partial charge in [-0.05, 0) is 24.7 Å². The van der Waals surface area contributed by atoms with E-state index in [2.05, 4.69) is 13.8 Å². The zero-order valence-corrected chi connectivity index (χ0v) is 8.38. The lowest BCUT2D eigenvalue weighted by Crippen LogP contribution is -2.31. The summed E-state index contributed by atoms with van der Waals surface area (Å²) >= 11 is 0. The fourth-order valence-corrected chi connectivity index (χ4v) is 1.82. The van der Waals surface area contributed by atoms with Crippen LogP contribution in [0.25, 0.3) is 0 Å². The number of methoxy groups -OCH3 is 1. The molecule has 0 aromatic rings. The average molecular weight is 172 g/mol. The molecule has 0 unspecified atom stereocenters. The van der Waals surface area contributed by atoms with Crippen molar-refractivity contribution in [2.45, 2.75) is 32.8 Å². The predicted molar refractivity (Wildman–Crippen MR) is 49.2 cm³/mol. The summed E-state index contributed by atoms with van der Waals surface area (Å²) in [5.41, 5.74) is 0. The second-order valence-corrected chi connectivity index (χ2v) is 3.98. The van der Waals surface area contributed by atoms with Crippen molar-refractivity contribution in [1.82, 2.24) is 0 Å². The molecule has 0 aromatic carbocycles. The van der Waals surface area contributed by atoms with E-state index in [1.807, 2.05) is 0 Å². The van der Waals surface area contributed by atoms with Gasteiger partial charge in [-0.1, -0.05) is 13.8 Å². The number of hydrogen-bond donors (Lipinski definition) is 0. The minimum absolute atomic E-state index is 0.344. The summed E-state index contributed by atoms with van der Waals surface area (Å²) in [5, 5.41) is 0. The third kappa shape index (κ3) is 2.76. The Morgan fingerprint density at radius 3 is 2.83 bits per heavy atom. The van der Waals surface area contributed by atoms with Gasteiger partial charge in [0.1, 0.15) is 0 Å². The quantitative estimate of drug-likeness (QED) is 0.649. The Morgan fingerprint density at radius 2 is 2.25 bits per heavy atom. The van der Waals surface area contributed by atoms with E-state index in [-0.39, 0.29) is 0 Å². The highest BCUT2D eigenvalue weighted by Crippen LogP contribution is 2.26. The molecule has 0 saturated carbocycles. The molecule has 0 amide bonds. The minimum atomic E-state index is 0.344. The predicted octanol–water partition coefficient (Wildman–Crippen LogP) is 2.08. The molecular formula is C10H20O2. The number of hydrogen-bond acceptors (Lipinski definition) is 2. The van der Waals surface area contributed by atoms with Crippen LogP contribution >= 0.6 is 0 Å². The van der Waals surface area contributed by atoms with E-state index in [9.17, 15) is 0 Å². The SMILES string of the molecule is COC[C@H]1C[C@H](C(C)C)CCO1. The average Bonchev–Trinajstić information content (AvgIpc) is 2.05. The summed E-state index contributed by atoms with van der Waals surface area (Å²) in [4.78, 5) is 0. The molecule has 1 saturated heterocycles.